The summed E-state index contributed by atoms with van der Waals surface area (Å²) in [4.78, 5) is 17.4. The highest BCUT2D eigenvalue weighted by Gasteiger charge is 2.30. The molecule has 1 aliphatic rings. The van der Waals surface area contributed by atoms with Gasteiger partial charge in [-0.25, -0.2) is 17.9 Å². The van der Waals surface area contributed by atoms with E-state index in [4.69, 9.17) is 4.74 Å². The number of fused-ring (bicyclic) bond motifs is 1. The number of sulfonamides is 1. The van der Waals surface area contributed by atoms with E-state index in [1.54, 1.807) is 4.90 Å². The van der Waals surface area contributed by atoms with Gasteiger partial charge in [0.1, 0.15) is 6.61 Å². The number of hydrogen-bond acceptors (Lipinski definition) is 5. The van der Waals surface area contributed by atoms with E-state index < -0.39 is 10.0 Å². The van der Waals surface area contributed by atoms with Crippen molar-refractivity contribution in [3.8, 4) is 11.1 Å². The largest absolute Gasteiger partial charge is 0.448 e. The normalized spacial score (nSPS) is 14.7. The molecule has 1 heterocycles. The van der Waals surface area contributed by atoms with Crippen LogP contribution in [-0.2, 0) is 27.8 Å². The van der Waals surface area contributed by atoms with Crippen LogP contribution in [-0.4, -0.2) is 56.1 Å². The molecule has 1 aliphatic heterocycles. The predicted molar refractivity (Wildman–Crippen MR) is 187 cm³/mol. The number of nitrogens with zero attached hydrogens (tertiary/aromatic N) is 2. The Morgan fingerprint density at radius 3 is 1.96 bits per heavy atom. The Labute approximate surface area is 277 Å². The molecule has 1 N–H and O–H groups in total. The van der Waals surface area contributed by atoms with E-state index in [9.17, 15) is 13.2 Å². The molecule has 0 radical (unpaired) electrons. The first-order valence-corrected chi connectivity index (χ1v) is 17.7. The number of likely N-dealkylation sites (tertiary alicyclic amines) is 1. The second kappa shape index (κ2) is 14.9. The maximum atomic E-state index is 14.0. The fourth-order valence-corrected chi connectivity index (χ4v) is 7.97. The molecule has 5 aromatic carbocycles. The number of ether oxygens (including phenoxy) is 1. The summed E-state index contributed by atoms with van der Waals surface area (Å²) in [6, 6.07) is 41.3. The highest BCUT2D eigenvalue weighted by molar-refractivity contribution is 7.90. The minimum atomic E-state index is -3.88. The van der Waals surface area contributed by atoms with Gasteiger partial charge >= 0.3 is 6.09 Å². The van der Waals surface area contributed by atoms with Gasteiger partial charge in [0.25, 0.3) is 0 Å². The molecule has 0 aromatic heterocycles. The Morgan fingerprint density at radius 1 is 0.787 bits per heavy atom. The molecule has 1 fully saturated rings. The monoisotopic (exact) mass is 647 g/mol. The average Bonchev–Trinajstić information content (AvgIpc) is 3.11. The molecule has 1 amide bonds. The van der Waals surface area contributed by atoms with E-state index >= 15 is 0 Å². The van der Waals surface area contributed by atoms with Crippen molar-refractivity contribution in [3.05, 3.63) is 139 Å². The number of hydrogen-bond donors (Lipinski definition) is 1. The van der Waals surface area contributed by atoms with Gasteiger partial charge in [0, 0.05) is 49.2 Å². The fraction of sp³-hybridized carbons (Fsp3) is 0.256. The summed E-state index contributed by atoms with van der Waals surface area (Å²) in [6.45, 7) is 4.65. The summed E-state index contributed by atoms with van der Waals surface area (Å²) in [6.07, 6.45) is 0.644. The summed E-state index contributed by atoms with van der Waals surface area (Å²) in [5, 5.41) is 1.55. The lowest BCUT2D eigenvalue weighted by molar-refractivity contribution is 0.0586. The zero-order chi connectivity index (χ0) is 32.6. The Bertz CT molecular complexity index is 1840. The summed E-state index contributed by atoms with van der Waals surface area (Å²) in [5.41, 5.74) is 3.91. The van der Waals surface area contributed by atoms with Crippen molar-refractivity contribution in [2.75, 3.05) is 19.7 Å². The minimum absolute atomic E-state index is 0.0109. The molecule has 47 heavy (non-hydrogen) atoms. The molecule has 5 aromatic rings. The van der Waals surface area contributed by atoms with Crippen molar-refractivity contribution in [1.82, 2.24) is 14.5 Å². The molecule has 6 rings (SSSR count). The smallest absolute Gasteiger partial charge is 0.409 e. The zero-order valence-electron chi connectivity index (χ0n) is 26.7. The van der Waals surface area contributed by atoms with Gasteiger partial charge in [0.2, 0.25) is 10.0 Å². The number of amides is 1. The Hall–Kier alpha value is -4.50. The third-order valence-corrected chi connectivity index (χ3v) is 10.5. The van der Waals surface area contributed by atoms with E-state index in [0.717, 1.165) is 24.0 Å². The van der Waals surface area contributed by atoms with Crippen LogP contribution < -0.4 is 4.72 Å². The van der Waals surface area contributed by atoms with Gasteiger partial charge in [0.15, 0.2) is 0 Å². The zero-order valence-corrected chi connectivity index (χ0v) is 27.5. The SMILES string of the molecule is C[C@@H](COC(=O)N1CCC(NS(=O)(=O)c2c(-c3ccccc3)ccc3ccccc23)CC1)N(Cc1ccccc1)Cc1ccccc1. The van der Waals surface area contributed by atoms with Crippen LogP contribution in [0.5, 0.6) is 0 Å². The van der Waals surface area contributed by atoms with Gasteiger partial charge in [0.05, 0.1) is 4.90 Å². The number of nitrogens with one attached hydrogen (secondary N) is 1. The van der Waals surface area contributed by atoms with Crippen molar-refractivity contribution in [2.24, 2.45) is 0 Å². The molecule has 0 bridgehead atoms. The molecule has 0 spiro atoms. The first kappa shape index (κ1) is 32.4. The maximum Gasteiger partial charge on any atom is 0.409 e. The van der Waals surface area contributed by atoms with E-state index in [0.29, 0.717) is 36.9 Å². The molecule has 1 saturated heterocycles. The summed E-state index contributed by atoms with van der Waals surface area (Å²) in [7, 11) is -3.88. The highest BCUT2D eigenvalue weighted by Crippen LogP contribution is 2.34. The predicted octanol–water partition coefficient (Wildman–Crippen LogP) is 7.48. The van der Waals surface area contributed by atoms with Crippen LogP contribution in [0, 0.1) is 0 Å². The molecular formula is C39H41N3O4S. The number of carbonyl (C=O) groups is 1. The van der Waals surface area contributed by atoms with Crippen LogP contribution >= 0.6 is 0 Å². The van der Waals surface area contributed by atoms with Crippen LogP contribution in [0.2, 0.25) is 0 Å². The lowest BCUT2D eigenvalue weighted by atomic mass is 10.0. The topological polar surface area (TPSA) is 79.0 Å². The van der Waals surface area contributed by atoms with E-state index in [1.165, 1.54) is 11.1 Å². The van der Waals surface area contributed by atoms with Gasteiger partial charge in [-0.1, -0.05) is 127 Å². The molecule has 1 atom stereocenters. The molecule has 0 saturated carbocycles. The second-order valence-electron chi connectivity index (χ2n) is 12.2. The van der Waals surface area contributed by atoms with Crippen molar-refractivity contribution in [2.45, 2.75) is 49.8 Å². The molecule has 242 valence electrons. The lowest BCUT2D eigenvalue weighted by Gasteiger charge is -2.33. The van der Waals surface area contributed by atoms with Gasteiger partial charge in [-0.3, -0.25) is 4.90 Å². The van der Waals surface area contributed by atoms with Crippen LogP contribution in [0.4, 0.5) is 4.79 Å². The van der Waals surface area contributed by atoms with Gasteiger partial charge < -0.3 is 9.64 Å². The number of piperidine rings is 1. The average molecular weight is 648 g/mol. The van der Waals surface area contributed by atoms with E-state index in [-0.39, 0.29) is 29.7 Å². The molecular weight excluding hydrogens is 607 g/mol. The van der Waals surface area contributed by atoms with Crippen molar-refractivity contribution >= 4 is 26.9 Å². The van der Waals surface area contributed by atoms with Gasteiger partial charge in [-0.2, -0.15) is 0 Å². The van der Waals surface area contributed by atoms with Crippen LogP contribution in [0.25, 0.3) is 21.9 Å². The van der Waals surface area contributed by atoms with Gasteiger partial charge in [-0.05, 0) is 41.8 Å². The van der Waals surface area contributed by atoms with Crippen LogP contribution in [0.15, 0.2) is 132 Å². The summed E-state index contributed by atoms with van der Waals surface area (Å²) >= 11 is 0. The van der Waals surface area contributed by atoms with E-state index in [1.807, 2.05) is 103 Å². The lowest BCUT2D eigenvalue weighted by Crippen LogP contribution is -2.47. The summed E-state index contributed by atoms with van der Waals surface area (Å²) in [5.74, 6) is 0. The Balaban J connectivity index is 1.08. The molecule has 7 nitrogen and oxygen atoms in total. The van der Waals surface area contributed by atoms with Crippen LogP contribution in [0.3, 0.4) is 0 Å². The highest BCUT2D eigenvalue weighted by atomic mass is 32.2. The number of benzene rings is 5. The fourth-order valence-electron chi connectivity index (χ4n) is 6.23. The first-order chi connectivity index (χ1) is 22.9. The van der Waals surface area contributed by atoms with Crippen molar-refractivity contribution in [1.29, 1.82) is 0 Å². The van der Waals surface area contributed by atoms with E-state index in [2.05, 4.69) is 40.8 Å². The van der Waals surface area contributed by atoms with Crippen LogP contribution in [0.1, 0.15) is 30.9 Å². The van der Waals surface area contributed by atoms with Gasteiger partial charge in [-0.15, -0.1) is 0 Å². The standard InChI is InChI=1S/C39H41N3O4S/c1-30(42(27-31-13-5-2-6-14-31)28-32-15-7-3-8-16-32)29-46-39(43)41-25-23-35(24-26-41)40-47(44,45)38-36-20-12-11-19-34(36)21-22-37(38)33-17-9-4-10-18-33/h2-22,30,35,40H,23-29H2,1H3/t30-/m0/s1. The molecule has 0 unspecified atom stereocenters. The summed E-state index contributed by atoms with van der Waals surface area (Å²) < 4.78 is 36.8. The van der Waals surface area contributed by atoms with Crippen molar-refractivity contribution < 1.29 is 17.9 Å². The molecule has 0 aliphatic carbocycles. The van der Waals surface area contributed by atoms with Crippen molar-refractivity contribution in [3.63, 3.8) is 0 Å². The Kier molecular flexibility index (Phi) is 10.3. The Morgan fingerprint density at radius 2 is 1.34 bits per heavy atom. The second-order valence-corrected chi connectivity index (χ2v) is 13.9. The number of carbonyl (C=O) groups excluding carboxylic acids is 1. The third-order valence-electron chi connectivity index (χ3n) is 8.84. The minimum Gasteiger partial charge on any atom is -0.448 e. The maximum absolute atomic E-state index is 14.0. The third kappa shape index (κ3) is 8.08. The number of rotatable bonds is 11. The quantitative estimate of drug-likeness (QED) is 0.161. The first-order valence-electron chi connectivity index (χ1n) is 16.2. The molecule has 8 heteroatoms.